The van der Waals surface area contributed by atoms with E-state index in [9.17, 15) is 19.7 Å². The van der Waals surface area contributed by atoms with Gasteiger partial charge in [0.05, 0.1) is 33.9 Å². The van der Waals surface area contributed by atoms with E-state index >= 15 is 0 Å². The summed E-state index contributed by atoms with van der Waals surface area (Å²) in [6, 6.07) is 17.3. The van der Waals surface area contributed by atoms with Gasteiger partial charge in [-0.1, -0.05) is 47.7 Å². The summed E-state index contributed by atoms with van der Waals surface area (Å²) in [5, 5.41) is 30.7. The fraction of sp³-hybridized carbons (Fsp3) is 0.222. The molecule has 0 spiro atoms. The number of carbonyl (C=O) groups is 2. The molecular formula is C27H25N7O4S2. The number of nitrogens with one attached hydrogen (secondary N) is 1. The Labute approximate surface area is 238 Å². The predicted octanol–water partition coefficient (Wildman–Crippen LogP) is 4.49. The Morgan fingerprint density at radius 2 is 1.88 bits per heavy atom. The number of carbonyl (C=O) groups excluding carboxylic acids is 2. The first-order valence-electron chi connectivity index (χ1n) is 12.3. The van der Waals surface area contributed by atoms with Crippen molar-refractivity contribution in [2.24, 2.45) is 12.1 Å². The SMILES string of the molecule is Cc1ccc(C2CC(c3cccs3)=NN2C(=O)CSc2nnc(CNC(=O)c3ccc([N+](=O)[O-])cc3)n2C)cc1. The van der Waals surface area contributed by atoms with Gasteiger partial charge in [-0.25, -0.2) is 5.01 Å². The third-order valence-corrected chi connectivity index (χ3v) is 8.35. The van der Waals surface area contributed by atoms with Crippen LogP contribution < -0.4 is 5.32 Å². The Morgan fingerprint density at radius 1 is 1.12 bits per heavy atom. The Morgan fingerprint density at radius 3 is 2.55 bits per heavy atom. The zero-order valence-corrected chi connectivity index (χ0v) is 23.3. The van der Waals surface area contributed by atoms with Gasteiger partial charge in [-0.3, -0.25) is 19.7 Å². The Bertz CT molecular complexity index is 1570. The summed E-state index contributed by atoms with van der Waals surface area (Å²) in [6.45, 7) is 2.13. The molecule has 0 fully saturated rings. The van der Waals surface area contributed by atoms with E-state index in [0.717, 1.165) is 21.7 Å². The molecule has 2 amide bonds. The van der Waals surface area contributed by atoms with Crippen LogP contribution in [0.25, 0.3) is 0 Å². The molecule has 40 heavy (non-hydrogen) atoms. The van der Waals surface area contributed by atoms with Crippen molar-refractivity contribution in [2.45, 2.75) is 31.1 Å². The van der Waals surface area contributed by atoms with Gasteiger partial charge >= 0.3 is 0 Å². The van der Waals surface area contributed by atoms with Crippen molar-refractivity contribution in [3.05, 3.63) is 104 Å². The molecule has 0 aliphatic carbocycles. The highest BCUT2D eigenvalue weighted by Gasteiger charge is 2.33. The molecule has 2 aromatic heterocycles. The monoisotopic (exact) mass is 575 g/mol. The van der Waals surface area contributed by atoms with Crippen LogP contribution in [-0.4, -0.2) is 48.0 Å². The minimum Gasteiger partial charge on any atom is -0.345 e. The average Bonchev–Trinajstić information content (AvgIpc) is 3.71. The van der Waals surface area contributed by atoms with Crippen molar-refractivity contribution < 1.29 is 14.5 Å². The highest BCUT2D eigenvalue weighted by atomic mass is 32.2. The molecule has 11 nitrogen and oxygen atoms in total. The molecule has 0 saturated heterocycles. The fourth-order valence-corrected chi connectivity index (χ4v) is 5.70. The van der Waals surface area contributed by atoms with Crippen molar-refractivity contribution in [1.82, 2.24) is 25.1 Å². The topological polar surface area (TPSA) is 136 Å². The molecule has 1 aliphatic heterocycles. The number of thioether (sulfide) groups is 1. The first-order valence-corrected chi connectivity index (χ1v) is 14.2. The lowest BCUT2D eigenvalue weighted by atomic mass is 10.00. The predicted molar refractivity (Wildman–Crippen MR) is 152 cm³/mol. The molecule has 0 radical (unpaired) electrons. The maximum atomic E-state index is 13.4. The van der Waals surface area contributed by atoms with E-state index in [4.69, 9.17) is 5.10 Å². The van der Waals surface area contributed by atoms with Crippen LogP contribution in [0.2, 0.25) is 0 Å². The molecule has 1 N–H and O–H groups in total. The van der Waals surface area contributed by atoms with Gasteiger partial charge in [0.2, 0.25) is 0 Å². The van der Waals surface area contributed by atoms with E-state index in [1.54, 1.807) is 28.0 Å². The standard InChI is InChI=1S/C27H25N7O4S2/c1-17-5-7-18(8-6-17)22-14-21(23-4-3-13-39-23)31-33(22)25(35)16-40-27-30-29-24(32(27)2)15-28-26(36)19-9-11-20(12-10-19)34(37)38/h3-13,22H,14-16H2,1-2H3,(H,28,36). The second-order valence-corrected chi connectivity index (χ2v) is 11.0. The van der Waals surface area contributed by atoms with E-state index in [-0.39, 0.29) is 29.9 Å². The van der Waals surface area contributed by atoms with Crippen molar-refractivity contribution in [3.63, 3.8) is 0 Å². The van der Waals surface area contributed by atoms with E-state index in [1.807, 2.05) is 48.7 Å². The molecule has 2 aromatic carbocycles. The number of thiophene rings is 1. The second kappa shape index (κ2) is 11.8. The summed E-state index contributed by atoms with van der Waals surface area (Å²) in [5.74, 6) is 0.0861. The van der Waals surface area contributed by atoms with Crippen LogP contribution in [0.5, 0.6) is 0 Å². The number of rotatable bonds is 9. The average molecular weight is 576 g/mol. The highest BCUT2D eigenvalue weighted by molar-refractivity contribution is 7.99. The van der Waals surface area contributed by atoms with Crippen LogP contribution in [0.3, 0.4) is 0 Å². The molecule has 4 aromatic rings. The van der Waals surface area contributed by atoms with Gasteiger partial charge in [-0.2, -0.15) is 5.10 Å². The lowest BCUT2D eigenvalue weighted by molar-refractivity contribution is -0.384. The number of non-ortho nitro benzene ring substituents is 1. The van der Waals surface area contributed by atoms with E-state index < -0.39 is 10.8 Å². The number of nitrogens with zero attached hydrogens (tertiary/aromatic N) is 6. The maximum Gasteiger partial charge on any atom is 0.269 e. The summed E-state index contributed by atoms with van der Waals surface area (Å²) in [6.07, 6.45) is 0.641. The molecule has 3 heterocycles. The number of nitro groups is 1. The van der Waals surface area contributed by atoms with Crippen molar-refractivity contribution in [1.29, 1.82) is 0 Å². The number of aromatic nitrogens is 3. The summed E-state index contributed by atoms with van der Waals surface area (Å²) < 4.78 is 1.72. The number of hydrogen-bond acceptors (Lipinski definition) is 9. The molecule has 1 unspecified atom stereocenters. The van der Waals surface area contributed by atoms with Crippen LogP contribution in [-0.2, 0) is 18.4 Å². The molecule has 5 rings (SSSR count). The van der Waals surface area contributed by atoms with Crippen molar-refractivity contribution >= 4 is 46.3 Å². The van der Waals surface area contributed by atoms with Gasteiger partial charge in [0.25, 0.3) is 17.5 Å². The molecule has 1 atom stereocenters. The quantitative estimate of drug-likeness (QED) is 0.176. The number of amides is 2. The largest absolute Gasteiger partial charge is 0.345 e. The Kier molecular flexibility index (Phi) is 8.03. The summed E-state index contributed by atoms with van der Waals surface area (Å²) in [7, 11) is 1.76. The minimum atomic E-state index is -0.521. The fourth-order valence-electron chi connectivity index (χ4n) is 4.19. The summed E-state index contributed by atoms with van der Waals surface area (Å²) >= 11 is 2.85. The third-order valence-electron chi connectivity index (χ3n) is 6.43. The van der Waals surface area contributed by atoms with Crippen LogP contribution in [0, 0.1) is 17.0 Å². The van der Waals surface area contributed by atoms with Gasteiger partial charge < -0.3 is 9.88 Å². The van der Waals surface area contributed by atoms with E-state index in [1.165, 1.54) is 36.0 Å². The van der Waals surface area contributed by atoms with Gasteiger partial charge in [-0.05, 0) is 36.1 Å². The Balaban J connectivity index is 1.22. The van der Waals surface area contributed by atoms with E-state index in [0.29, 0.717) is 23.0 Å². The Hall–Kier alpha value is -4.36. The first kappa shape index (κ1) is 27.2. The maximum absolute atomic E-state index is 13.4. The lowest BCUT2D eigenvalue weighted by Gasteiger charge is -2.22. The second-order valence-electron chi connectivity index (χ2n) is 9.13. The number of hydrogen-bond donors (Lipinski definition) is 1. The zero-order chi connectivity index (χ0) is 28.2. The smallest absolute Gasteiger partial charge is 0.269 e. The normalized spacial score (nSPS) is 14.7. The third kappa shape index (κ3) is 5.95. The van der Waals surface area contributed by atoms with Crippen molar-refractivity contribution in [3.8, 4) is 0 Å². The van der Waals surface area contributed by atoms with Crippen LogP contribution in [0.1, 0.15) is 44.6 Å². The van der Waals surface area contributed by atoms with Crippen molar-refractivity contribution in [2.75, 3.05) is 5.75 Å². The number of benzene rings is 2. The summed E-state index contributed by atoms with van der Waals surface area (Å²) in [4.78, 5) is 37.2. The lowest BCUT2D eigenvalue weighted by Crippen LogP contribution is -2.28. The van der Waals surface area contributed by atoms with Crippen LogP contribution >= 0.6 is 23.1 Å². The number of hydrazone groups is 1. The van der Waals surface area contributed by atoms with Crippen LogP contribution in [0.15, 0.2) is 76.3 Å². The number of aryl methyl sites for hydroxylation is 1. The zero-order valence-electron chi connectivity index (χ0n) is 21.7. The molecular weight excluding hydrogens is 550 g/mol. The van der Waals surface area contributed by atoms with E-state index in [2.05, 4.69) is 15.5 Å². The molecule has 0 bridgehead atoms. The molecule has 13 heteroatoms. The minimum absolute atomic E-state index is 0.0892. The molecule has 1 aliphatic rings. The molecule has 0 saturated carbocycles. The molecule has 204 valence electrons. The highest BCUT2D eigenvalue weighted by Crippen LogP contribution is 2.34. The first-order chi connectivity index (χ1) is 19.3. The number of nitro benzene ring substituents is 1. The van der Waals surface area contributed by atoms with Crippen LogP contribution in [0.4, 0.5) is 5.69 Å². The van der Waals surface area contributed by atoms with Gasteiger partial charge in [-0.15, -0.1) is 21.5 Å². The van der Waals surface area contributed by atoms with Gasteiger partial charge in [0.15, 0.2) is 11.0 Å². The van der Waals surface area contributed by atoms with Gasteiger partial charge in [0, 0.05) is 31.2 Å². The summed E-state index contributed by atoms with van der Waals surface area (Å²) in [5.41, 5.74) is 3.28. The van der Waals surface area contributed by atoms with Gasteiger partial charge in [0.1, 0.15) is 0 Å².